The minimum absolute atomic E-state index is 0.144. The zero-order valence-electron chi connectivity index (χ0n) is 12.1. The van der Waals surface area contributed by atoms with E-state index in [-0.39, 0.29) is 22.8 Å². The van der Waals surface area contributed by atoms with Gasteiger partial charge in [0.15, 0.2) is 0 Å². The van der Waals surface area contributed by atoms with Gasteiger partial charge in [0.1, 0.15) is 11.6 Å². The molecule has 4 nitrogen and oxygen atoms in total. The van der Waals surface area contributed by atoms with Crippen molar-refractivity contribution in [2.75, 3.05) is 19.6 Å². The molecule has 1 aromatic rings. The molecular weight excluding hydrogens is 271 g/mol. The molecule has 1 heterocycles. The van der Waals surface area contributed by atoms with Gasteiger partial charge in [-0.3, -0.25) is 4.79 Å². The minimum atomic E-state index is -0.531. The summed E-state index contributed by atoms with van der Waals surface area (Å²) in [4.78, 5) is 14.7. The lowest BCUT2D eigenvalue weighted by Crippen LogP contribution is -2.63. The highest BCUT2D eigenvalue weighted by molar-refractivity contribution is 5.97. The first-order valence-electron chi connectivity index (χ1n) is 7.64. The van der Waals surface area contributed by atoms with E-state index in [9.17, 15) is 14.3 Å². The number of rotatable bonds is 1. The molecule has 1 spiro atoms. The number of hydrogen-bond acceptors (Lipinski definition) is 3. The number of halogens is 1. The molecule has 0 radical (unpaired) electrons. The van der Waals surface area contributed by atoms with Gasteiger partial charge in [-0.25, -0.2) is 4.39 Å². The summed E-state index contributed by atoms with van der Waals surface area (Å²) in [5.74, 6) is -0.989. The molecule has 1 aromatic carbocycles. The summed E-state index contributed by atoms with van der Waals surface area (Å²) in [6.45, 7) is 2.20. The summed E-state index contributed by atoms with van der Waals surface area (Å²) in [5.41, 5.74) is 0.0530. The molecule has 0 atom stereocenters. The van der Waals surface area contributed by atoms with E-state index in [1.54, 1.807) is 0 Å². The number of carbonyl (C=O) groups is 1. The molecule has 2 aliphatic rings. The molecule has 2 fully saturated rings. The van der Waals surface area contributed by atoms with Crippen LogP contribution in [-0.4, -0.2) is 41.1 Å². The predicted molar refractivity (Wildman–Crippen MR) is 77.8 cm³/mol. The van der Waals surface area contributed by atoms with Crippen LogP contribution in [0.2, 0.25) is 0 Å². The maximum absolute atomic E-state index is 13.1. The molecule has 1 saturated carbocycles. The summed E-state index contributed by atoms with van der Waals surface area (Å²) >= 11 is 0. The number of piperazine rings is 1. The van der Waals surface area contributed by atoms with Crippen molar-refractivity contribution in [3.8, 4) is 5.75 Å². The van der Waals surface area contributed by atoms with Gasteiger partial charge in [0.05, 0.1) is 11.1 Å². The molecule has 21 heavy (non-hydrogen) atoms. The number of benzene rings is 1. The van der Waals surface area contributed by atoms with E-state index in [1.807, 2.05) is 4.90 Å². The highest BCUT2D eigenvalue weighted by Crippen LogP contribution is 2.36. The third-order valence-electron chi connectivity index (χ3n) is 4.76. The van der Waals surface area contributed by atoms with Crippen LogP contribution in [0.25, 0.3) is 0 Å². The summed E-state index contributed by atoms with van der Waals surface area (Å²) in [5, 5.41) is 13.3. The fraction of sp³-hybridized carbons (Fsp3) is 0.562. The third kappa shape index (κ3) is 2.62. The lowest BCUT2D eigenvalue weighted by molar-refractivity contribution is 0.0220. The van der Waals surface area contributed by atoms with Crippen molar-refractivity contribution < 1.29 is 14.3 Å². The van der Waals surface area contributed by atoms with Crippen LogP contribution in [0.15, 0.2) is 18.2 Å². The van der Waals surface area contributed by atoms with Crippen molar-refractivity contribution in [2.24, 2.45) is 0 Å². The second kappa shape index (κ2) is 5.64. The quantitative estimate of drug-likeness (QED) is 0.835. The van der Waals surface area contributed by atoms with Crippen molar-refractivity contribution in [1.82, 2.24) is 10.2 Å². The Morgan fingerprint density at radius 3 is 2.76 bits per heavy atom. The van der Waals surface area contributed by atoms with Crippen LogP contribution in [0.1, 0.15) is 42.5 Å². The SMILES string of the molecule is O=C(c1ccc(F)cc1O)N1CCNCC12CCCCC2. The van der Waals surface area contributed by atoms with Crippen LogP contribution >= 0.6 is 0 Å². The Bertz CT molecular complexity index is 533. The number of nitrogens with zero attached hydrogens (tertiary/aromatic N) is 1. The van der Waals surface area contributed by atoms with Crippen LogP contribution in [-0.2, 0) is 0 Å². The molecule has 5 heteroatoms. The third-order valence-corrected chi connectivity index (χ3v) is 4.76. The van der Waals surface area contributed by atoms with Gasteiger partial charge in [-0.05, 0) is 25.0 Å². The maximum Gasteiger partial charge on any atom is 0.258 e. The van der Waals surface area contributed by atoms with E-state index < -0.39 is 5.82 Å². The standard InChI is InChI=1S/C16H21FN2O2/c17-12-4-5-13(14(20)10-12)15(21)19-9-8-18-11-16(19)6-2-1-3-7-16/h4-5,10,18,20H,1-3,6-9,11H2. The number of hydrogen-bond donors (Lipinski definition) is 2. The second-order valence-corrected chi connectivity index (χ2v) is 6.08. The number of carbonyl (C=O) groups excluding carboxylic acids is 1. The monoisotopic (exact) mass is 292 g/mol. The normalized spacial score (nSPS) is 21.5. The first kappa shape index (κ1) is 14.3. The van der Waals surface area contributed by atoms with E-state index in [0.29, 0.717) is 6.54 Å². The molecule has 1 aliphatic heterocycles. The van der Waals surface area contributed by atoms with Crippen molar-refractivity contribution in [3.05, 3.63) is 29.6 Å². The Balaban J connectivity index is 1.90. The Morgan fingerprint density at radius 2 is 2.05 bits per heavy atom. The number of amides is 1. The number of phenolic OH excluding ortho intramolecular Hbond substituents is 1. The lowest BCUT2D eigenvalue weighted by atomic mass is 9.78. The number of aromatic hydroxyl groups is 1. The zero-order valence-corrected chi connectivity index (χ0v) is 12.1. The minimum Gasteiger partial charge on any atom is -0.507 e. The fourth-order valence-electron chi connectivity index (χ4n) is 3.65. The first-order valence-corrected chi connectivity index (χ1v) is 7.64. The molecule has 114 valence electrons. The molecule has 1 amide bonds. The van der Waals surface area contributed by atoms with Gasteiger partial charge in [-0.2, -0.15) is 0 Å². The number of phenols is 1. The van der Waals surface area contributed by atoms with E-state index in [0.717, 1.165) is 44.8 Å². The Labute approximate surface area is 124 Å². The van der Waals surface area contributed by atoms with Crippen molar-refractivity contribution >= 4 is 5.91 Å². The van der Waals surface area contributed by atoms with Gasteiger partial charge in [0.25, 0.3) is 5.91 Å². The Morgan fingerprint density at radius 1 is 1.29 bits per heavy atom. The van der Waals surface area contributed by atoms with Crippen LogP contribution in [0.3, 0.4) is 0 Å². The summed E-state index contributed by atoms with van der Waals surface area (Å²) in [7, 11) is 0. The summed E-state index contributed by atoms with van der Waals surface area (Å²) in [6.07, 6.45) is 5.45. The van der Waals surface area contributed by atoms with E-state index >= 15 is 0 Å². The molecule has 0 unspecified atom stereocenters. The van der Waals surface area contributed by atoms with Crippen LogP contribution in [0.5, 0.6) is 5.75 Å². The van der Waals surface area contributed by atoms with E-state index in [4.69, 9.17) is 0 Å². The number of nitrogens with one attached hydrogen (secondary N) is 1. The van der Waals surface area contributed by atoms with Gasteiger partial charge >= 0.3 is 0 Å². The highest BCUT2D eigenvalue weighted by atomic mass is 19.1. The van der Waals surface area contributed by atoms with E-state index in [1.165, 1.54) is 18.6 Å². The van der Waals surface area contributed by atoms with Crippen LogP contribution < -0.4 is 5.32 Å². The van der Waals surface area contributed by atoms with Crippen LogP contribution in [0.4, 0.5) is 4.39 Å². The summed E-state index contributed by atoms with van der Waals surface area (Å²) in [6, 6.07) is 3.61. The van der Waals surface area contributed by atoms with Gasteiger partial charge in [-0.1, -0.05) is 19.3 Å². The Hall–Kier alpha value is -1.62. The molecule has 3 rings (SSSR count). The fourth-order valence-corrected chi connectivity index (χ4v) is 3.65. The van der Waals surface area contributed by atoms with Crippen molar-refractivity contribution in [2.45, 2.75) is 37.6 Å². The van der Waals surface area contributed by atoms with Gasteiger partial charge in [-0.15, -0.1) is 0 Å². The first-order chi connectivity index (χ1) is 10.1. The topological polar surface area (TPSA) is 52.6 Å². The smallest absolute Gasteiger partial charge is 0.258 e. The zero-order chi connectivity index (χ0) is 14.9. The highest BCUT2D eigenvalue weighted by Gasteiger charge is 2.42. The van der Waals surface area contributed by atoms with E-state index in [2.05, 4.69) is 5.32 Å². The average molecular weight is 292 g/mol. The maximum atomic E-state index is 13.1. The molecule has 1 saturated heterocycles. The largest absolute Gasteiger partial charge is 0.507 e. The van der Waals surface area contributed by atoms with Gasteiger partial charge < -0.3 is 15.3 Å². The molecule has 2 N–H and O–H groups in total. The molecular formula is C16H21FN2O2. The van der Waals surface area contributed by atoms with Crippen molar-refractivity contribution in [1.29, 1.82) is 0 Å². The second-order valence-electron chi connectivity index (χ2n) is 6.08. The van der Waals surface area contributed by atoms with Crippen LogP contribution in [0, 0.1) is 5.82 Å². The van der Waals surface area contributed by atoms with Gasteiger partial charge in [0, 0.05) is 25.7 Å². The molecule has 1 aliphatic carbocycles. The van der Waals surface area contributed by atoms with Gasteiger partial charge in [0.2, 0.25) is 0 Å². The predicted octanol–water partition coefficient (Wildman–Crippen LogP) is 2.28. The average Bonchev–Trinajstić information content (AvgIpc) is 2.48. The molecule has 0 bridgehead atoms. The van der Waals surface area contributed by atoms with Crippen molar-refractivity contribution in [3.63, 3.8) is 0 Å². The lowest BCUT2D eigenvalue weighted by Gasteiger charge is -2.49. The Kier molecular flexibility index (Phi) is 3.85. The molecule has 0 aromatic heterocycles. The summed E-state index contributed by atoms with van der Waals surface area (Å²) < 4.78 is 13.1.